The minimum Gasteiger partial charge on any atom is -0.508 e. The van der Waals surface area contributed by atoms with Crippen LogP contribution in [0.2, 0.25) is 0 Å². The predicted molar refractivity (Wildman–Crippen MR) is 330 cm³/mol. The fourth-order valence-corrected chi connectivity index (χ4v) is 10.2. The van der Waals surface area contributed by atoms with E-state index in [2.05, 4.69) is 65.5 Å². The van der Waals surface area contributed by atoms with Gasteiger partial charge in [-0.3, -0.25) is 57.7 Å². The number of phenolic OH excluding ortho intramolecular Hbond substituents is 1. The number of nitrogens with zero attached hydrogens (tertiary/aromatic N) is 1. The molecule has 0 spiro atoms. The van der Waals surface area contributed by atoms with Gasteiger partial charge < -0.3 is 111 Å². The zero-order chi connectivity index (χ0) is 68.9. The van der Waals surface area contributed by atoms with Crippen LogP contribution in [0, 0.1) is 5.92 Å². The number of thioether (sulfide) groups is 1. The molecule has 2 aromatic rings. The minimum absolute atomic E-state index is 0.00814. The Morgan fingerprint density at radius 3 is 1.71 bits per heavy atom. The Labute approximate surface area is 537 Å². The Kier molecular flexibility index (Phi) is 33.1. The van der Waals surface area contributed by atoms with Gasteiger partial charge in [-0.25, -0.2) is 4.79 Å². The van der Waals surface area contributed by atoms with E-state index in [0.717, 1.165) is 17.3 Å². The molecule has 36 heteroatoms. The zero-order valence-electron chi connectivity index (χ0n) is 50.5. The summed E-state index contributed by atoms with van der Waals surface area (Å²) in [6.07, 6.45) is -7.96. The maximum absolute atomic E-state index is 14.4. The molecule has 0 aromatic heterocycles. The van der Waals surface area contributed by atoms with Crippen molar-refractivity contribution < 1.29 is 103 Å². The lowest BCUT2D eigenvalue weighted by atomic mass is 10.0. The van der Waals surface area contributed by atoms with E-state index in [4.69, 9.17) is 21.9 Å². The van der Waals surface area contributed by atoms with Gasteiger partial charge in [0.25, 0.3) is 5.91 Å². The number of hydrogen-bond donors (Lipinski definition) is 21. The largest absolute Gasteiger partial charge is 0.508 e. The highest BCUT2D eigenvalue weighted by Gasteiger charge is 2.44. The number of nitrogens with two attached hydrogens (primary N) is 3. The Balaban J connectivity index is 1.76. The molecule has 10 amide bonds. The highest BCUT2D eigenvalue weighted by Crippen LogP contribution is 2.29. The number of aromatic hydroxyl groups is 1. The number of hydrogen-bond acceptors (Lipinski definition) is 22. The van der Waals surface area contributed by atoms with Gasteiger partial charge in [-0.15, -0.1) is 11.8 Å². The average molecular weight is 1340 g/mol. The van der Waals surface area contributed by atoms with Crippen molar-refractivity contribution in [2.45, 2.75) is 150 Å². The van der Waals surface area contributed by atoms with Crippen molar-refractivity contribution in [2.75, 3.05) is 37.8 Å². The molecule has 3 rings (SSSR count). The zero-order valence-corrected chi connectivity index (χ0v) is 52.2. The number of carboxylic acids is 2. The van der Waals surface area contributed by atoms with Crippen molar-refractivity contribution in [3.05, 3.63) is 65.2 Å². The van der Waals surface area contributed by atoms with Crippen LogP contribution in [-0.2, 0) is 70.3 Å². The van der Waals surface area contributed by atoms with Crippen molar-refractivity contribution >= 4 is 101 Å². The van der Waals surface area contributed by atoms with Crippen LogP contribution >= 0.6 is 24.4 Å². The number of aliphatic carboxylic acids is 2. The van der Waals surface area contributed by atoms with E-state index >= 15 is 0 Å². The molecule has 1 aliphatic rings. The first kappa shape index (κ1) is 77.9. The number of aryl methyl sites for hydroxylation is 1. The lowest BCUT2D eigenvalue weighted by Gasteiger charge is -2.39. The molecule has 0 radical (unpaired) electrons. The van der Waals surface area contributed by atoms with Crippen LogP contribution in [0.25, 0.3) is 0 Å². The second-order valence-corrected chi connectivity index (χ2v) is 23.2. The Bertz CT molecular complexity index is 2890. The van der Waals surface area contributed by atoms with Crippen LogP contribution in [0.4, 0.5) is 0 Å². The second-order valence-electron chi connectivity index (χ2n) is 21.7. The Morgan fingerprint density at radius 2 is 1.15 bits per heavy atom. The lowest BCUT2D eigenvalue weighted by Crippen LogP contribution is -2.61. The summed E-state index contributed by atoms with van der Waals surface area (Å²) >= 11 is 5.11. The highest BCUT2D eigenvalue weighted by atomic mass is 32.2. The van der Waals surface area contributed by atoms with E-state index in [-0.39, 0.29) is 60.3 Å². The van der Waals surface area contributed by atoms with E-state index < -0.39 is 195 Å². The quantitative estimate of drug-likeness (QED) is 0.0128. The summed E-state index contributed by atoms with van der Waals surface area (Å²) in [6.45, 7) is 2.19. The molecule has 13 unspecified atom stereocenters. The number of amides is 10. The molecule has 0 saturated carbocycles. The number of ether oxygens (including phenoxy) is 1. The molecule has 510 valence electrons. The molecule has 0 aliphatic carbocycles. The molecule has 1 aliphatic heterocycles. The smallest absolute Gasteiger partial charge is 0.327 e. The van der Waals surface area contributed by atoms with Gasteiger partial charge >= 0.3 is 11.9 Å². The first-order valence-corrected chi connectivity index (χ1v) is 30.5. The summed E-state index contributed by atoms with van der Waals surface area (Å²) in [4.78, 5) is 162. The van der Waals surface area contributed by atoms with Crippen molar-refractivity contribution in [3.63, 3.8) is 0 Å². The van der Waals surface area contributed by atoms with Gasteiger partial charge in [0.15, 0.2) is 5.96 Å². The number of carbonyl (C=O) groups excluding carboxylic acids is 10. The number of guanidine groups is 1. The number of aliphatic hydroxyl groups excluding tert-OH is 5. The van der Waals surface area contributed by atoms with E-state index in [0.29, 0.717) is 12.2 Å². The number of aliphatic hydroxyl groups is 5. The van der Waals surface area contributed by atoms with Gasteiger partial charge in [0.2, 0.25) is 53.2 Å². The monoisotopic (exact) mass is 1340 g/mol. The number of carbonyl (C=O) groups is 12. The molecular weight excluding hydrogens is 1250 g/mol. The molecule has 92 heavy (non-hydrogen) atoms. The van der Waals surface area contributed by atoms with Crippen LogP contribution in [0.15, 0.2) is 53.5 Å². The molecule has 1 saturated heterocycles. The van der Waals surface area contributed by atoms with Crippen molar-refractivity contribution in [2.24, 2.45) is 28.1 Å². The predicted octanol–water partition coefficient (Wildman–Crippen LogP) is -6.81. The molecule has 23 N–H and O–H groups in total. The van der Waals surface area contributed by atoms with E-state index in [1.165, 1.54) is 43.3 Å². The maximum Gasteiger partial charge on any atom is 0.327 e. The van der Waals surface area contributed by atoms with Crippen LogP contribution in [-0.4, -0.2) is 234 Å². The van der Waals surface area contributed by atoms with E-state index in [1.807, 2.05) is 0 Å². The van der Waals surface area contributed by atoms with Crippen molar-refractivity contribution in [3.8, 4) is 5.75 Å². The topological polar surface area (TPSA) is 575 Å². The van der Waals surface area contributed by atoms with Crippen molar-refractivity contribution in [1.29, 1.82) is 0 Å². The fourth-order valence-electron chi connectivity index (χ4n) is 8.74. The van der Waals surface area contributed by atoms with Crippen LogP contribution in [0.3, 0.4) is 0 Å². The first-order valence-electron chi connectivity index (χ1n) is 28.9. The first-order chi connectivity index (χ1) is 43.4. The summed E-state index contributed by atoms with van der Waals surface area (Å²) in [5.41, 5.74) is 16.6. The molecule has 2 aromatic carbocycles. The fraction of sp³-hybridized carbons (Fsp3) is 0.554. The Morgan fingerprint density at radius 1 is 0.630 bits per heavy atom. The summed E-state index contributed by atoms with van der Waals surface area (Å²) in [5, 5.41) is 100. The number of phenols is 1. The van der Waals surface area contributed by atoms with Crippen molar-refractivity contribution in [1.82, 2.24) is 47.9 Å². The third-order valence-corrected chi connectivity index (χ3v) is 15.3. The average Bonchev–Trinajstić information content (AvgIpc) is 0.981. The standard InChI is InChI=1S/C56H83N13O21S2/c1-26(2)19-34(50(84)69-38(25-91)54(88)89)65-48(82)32(5-4-17-60-56(58)59)63-49(83)33(14-15-40(57)73)64-51(85)35(20-29-8-12-31(72)13-9-29)66-52(86)36(21-42(75)76)67-53(87)37(23-70)68-46(80)27(3)62-41(74)22-61-47(81)30-10-6-28(7-11-30)16-18-92-55-45(79)44(78)43(77)39(24-71)90-55/h6-13,26-27,32-39,43-45,55,70-72,77-79,91H,4-5,14-25H2,1-3H3,(H2,57,73)(H,61,81)(H,62,74)(H,63,83)(H,64,85)(H,65,82)(H,66,86)(H,67,87)(H,68,80)(H,69,84)(H,75,76)(H,88,89)(H4,58,59,60). The summed E-state index contributed by atoms with van der Waals surface area (Å²) in [7, 11) is 0. The molecule has 1 fully saturated rings. The number of thiol groups is 1. The van der Waals surface area contributed by atoms with Gasteiger partial charge in [0, 0.05) is 30.7 Å². The molecule has 0 bridgehead atoms. The van der Waals surface area contributed by atoms with Crippen LogP contribution in [0.5, 0.6) is 5.75 Å². The third kappa shape index (κ3) is 26.8. The maximum atomic E-state index is 14.4. The summed E-state index contributed by atoms with van der Waals surface area (Å²) in [5.74, 6) is -14.1. The number of benzene rings is 2. The van der Waals surface area contributed by atoms with Gasteiger partial charge in [-0.2, -0.15) is 12.6 Å². The number of carboxylic acid groups (broad SMARTS) is 2. The van der Waals surface area contributed by atoms with Crippen LogP contribution < -0.4 is 65.1 Å². The number of rotatable bonds is 39. The normalized spacial score (nSPS) is 18.7. The van der Waals surface area contributed by atoms with Crippen LogP contribution in [0.1, 0.15) is 80.8 Å². The summed E-state index contributed by atoms with van der Waals surface area (Å²) < 4.78 is 5.49. The third-order valence-electron chi connectivity index (χ3n) is 13.8. The lowest BCUT2D eigenvalue weighted by molar-refractivity contribution is -0.205. The SMILES string of the molecule is CC(C)CC(NC(=O)C(CCCN=C(N)N)NC(=O)C(CCC(N)=O)NC(=O)C(Cc1ccc(O)cc1)NC(=O)C(CC(=O)O)NC(=O)C(CO)NC(=O)C(C)NC(=O)CNC(=O)c1ccc(CCSC2OC(CO)C(O)C(O)C2O)cc1)C(=O)NC(CS)C(=O)O. The highest BCUT2D eigenvalue weighted by molar-refractivity contribution is 7.99. The number of nitrogens with one attached hydrogen (secondary N) is 9. The van der Waals surface area contributed by atoms with Gasteiger partial charge in [0.1, 0.15) is 83.9 Å². The van der Waals surface area contributed by atoms with Gasteiger partial charge in [-0.1, -0.05) is 38.1 Å². The number of aliphatic imine (C=N–C) groups is 1. The molecule has 34 nitrogen and oxygen atoms in total. The molecule has 13 atom stereocenters. The summed E-state index contributed by atoms with van der Waals surface area (Å²) in [6, 6.07) is -1.92. The second kappa shape index (κ2) is 39.1. The Hall–Kier alpha value is -8.39. The molecular formula is C56H83N13O21S2. The minimum atomic E-state index is -2.07. The van der Waals surface area contributed by atoms with E-state index in [9.17, 15) is 98.4 Å². The number of primary amides is 1. The molecule has 1 heterocycles. The van der Waals surface area contributed by atoms with Gasteiger partial charge in [-0.05, 0) is 86.1 Å². The van der Waals surface area contributed by atoms with E-state index in [1.54, 1.807) is 26.0 Å². The van der Waals surface area contributed by atoms with Gasteiger partial charge in [0.05, 0.1) is 26.2 Å².